The lowest BCUT2D eigenvalue weighted by Gasteiger charge is -2.47. The molecule has 244 valence electrons. The number of likely N-dealkylation sites (tertiary alicyclic amines) is 1. The first kappa shape index (κ1) is 31.1. The minimum absolute atomic E-state index is 0.0356. The number of benzene rings is 3. The number of nitrogens with zero attached hydrogens (tertiary/aromatic N) is 5. The molecule has 0 aliphatic carbocycles. The molecule has 0 saturated carbocycles. The molecular formula is C35H36F2N6O4. The summed E-state index contributed by atoms with van der Waals surface area (Å²) in [5, 5.41) is 3.79. The highest BCUT2D eigenvalue weighted by molar-refractivity contribution is 6.22. The third kappa shape index (κ3) is 6.04. The highest BCUT2D eigenvalue weighted by Crippen LogP contribution is 2.35. The Morgan fingerprint density at radius 3 is 2.02 bits per heavy atom. The Morgan fingerprint density at radius 2 is 1.40 bits per heavy atom. The van der Waals surface area contributed by atoms with Crippen LogP contribution in [0.3, 0.4) is 0 Å². The summed E-state index contributed by atoms with van der Waals surface area (Å²) in [7, 11) is 0. The van der Waals surface area contributed by atoms with Gasteiger partial charge in [0, 0.05) is 45.7 Å². The zero-order valence-electron chi connectivity index (χ0n) is 25.9. The van der Waals surface area contributed by atoms with Crippen molar-refractivity contribution in [3.63, 3.8) is 0 Å². The number of nitrogens with one attached hydrogen (secondary N) is 1. The number of fused-ring (bicyclic) bond motifs is 1. The van der Waals surface area contributed by atoms with Gasteiger partial charge >= 0.3 is 6.03 Å². The molecule has 1 atom stereocenters. The maximum Gasteiger partial charge on any atom is 0.343 e. The van der Waals surface area contributed by atoms with Crippen LogP contribution in [0.1, 0.15) is 56.3 Å². The highest BCUT2D eigenvalue weighted by Gasteiger charge is 2.48. The molecule has 0 spiro atoms. The predicted octanol–water partition coefficient (Wildman–Crippen LogP) is 3.76. The number of hydrazine groups is 1. The fourth-order valence-electron chi connectivity index (χ4n) is 7.37. The van der Waals surface area contributed by atoms with Gasteiger partial charge in [-0.25, -0.2) is 18.6 Å². The van der Waals surface area contributed by atoms with Crippen LogP contribution in [-0.2, 0) is 11.3 Å². The fraction of sp³-hybridized carbons (Fsp3) is 0.371. The maximum absolute atomic E-state index is 15.8. The number of hydrogen-bond acceptors (Lipinski definition) is 7. The van der Waals surface area contributed by atoms with Crippen LogP contribution in [0, 0.1) is 0 Å². The van der Waals surface area contributed by atoms with Gasteiger partial charge in [-0.2, -0.15) is 5.01 Å². The minimum Gasteiger partial charge on any atom is -0.293 e. The predicted molar refractivity (Wildman–Crippen MR) is 168 cm³/mol. The molecule has 1 N–H and O–H groups in total. The molecule has 5 amide bonds. The molecule has 1 unspecified atom stereocenters. The largest absolute Gasteiger partial charge is 0.343 e. The first-order valence-electron chi connectivity index (χ1n) is 16.0. The highest BCUT2D eigenvalue weighted by atomic mass is 19.3. The van der Waals surface area contributed by atoms with Crippen molar-refractivity contribution in [1.29, 1.82) is 0 Å². The van der Waals surface area contributed by atoms with E-state index in [4.69, 9.17) is 0 Å². The van der Waals surface area contributed by atoms with E-state index in [9.17, 15) is 19.2 Å². The summed E-state index contributed by atoms with van der Waals surface area (Å²) in [5.41, 5.74) is 3.24. The van der Waals surface area contributed by atoms with E-state index in [0.29, 0.717) is 44.7 Å². The van der Waals surface area contributed by atoms with Crippen LogP contribution in [0.5, 0.6) is 0 Å². The molecule has 4 heterocycles. The van der Waals surface area contributed by atoms with Gasteiger partial charge < -0.3 is 0 Å². The van der Waals surface area contributed by atoms with E-state index in [2.05, 4.69) is 34.5 Å². The van der Waals surface area contributed by atoms with Gasteiger partial charge in [0.2, 0.25) is 5.91 Å². The maximum atomic E-state index is 15.8. The number of alkyl halides is 2. The monoisotopic (exact) mass is 642 g/mol. The smallest absolute Gasteiger partial charge is 0.293 e. The lowest BCUT2D eigenvalue weighted by molar-refractivity contribution is -0.135. The van der Waals surface area contributed by atoms with E-state index in [-0.39, 0.29) is 36.7 Å². The first-order chi connectivity index (χ1) is 22.7. The van der Waals surface area contributed by atoms with Gasteiger partial charge in [0.15, 0.2) is 0 Å². The van der Waals surface area contributed by atoms with Crippen LogP contribution in [0.2, 0.25) is 0 Å². The molecular weight excluding hydrogens is 606 g/mol. The van der Waals surface area contributed by atoms with Crippen molar-refractivity contribution >= 4 is 23.8 Å². The van der Waals surface area contributed by atoms with E-state index in [0.717, 1.165) is 10.0 Å². The average Bonchev–Trinajstić information content (AvgIpc) is 3.31. The van der Waals surface area contributed by atoms with Crippen LogP contribution in [-0.4, -0.2) is 106 Å². The van der Waals surface area contributed by atoms with E-state index < -0.39 is 42.3 Å². The summed E-state index contributed by atoms with van der Waals surface area (Å²) in [6.07, 6.45) is 0.277. The Kier molecular flexibility index (Phi) is 8.33. The quantitative estimate of drug-likeness (QED) is 0.393. The molecule has 12 heteroatoms. The standard InChI is InChI=1S/C35H36F2N6O4/c36-35(37)23-39(22-24-11-12-27-28(21-24)33(46)43(32(27)45)42-16-14-30(44)38-34(42)47)15-13-29(35)40-17-19-41(20-18-40)31(25-7-3-1-4-8-25)26-9-5-2-6-10-26/h1-12,21,29,31H,13-20,22-23H2,(H,38,44,47). The van der Waals surface area contributed by atoms with Gasteiger partial charge in [0.1, 0.15) is 0 Å². The molecule has 3 aromatic rings. The number of amides is 5. The lowest BCUT2D eigenvalue weighted by Crippen LogP contribution is -2.61. The summed E-state index contributed by atoms with van der Waals surface area (Å²) in [6, 6.07) is 23.7. The van der Waals surface area contributed by atoms with Crippen molar-refractivity contribution in [2.75, 3.05) is 45.8 Å². The summed E-state index contributed by atoms with van der Waals surface area (Å²) in [5.74, 6) is -4.75. The molecule has 0 bridgehead atoms. The zero-order valence-corrected chi connectivity index (χ0v) is 25.9. The number of hydrogen-bond donors (Lipinski definition) is 1. The third-order valence-electron chi connectivity index (χ3n) is 9.63. The normalized spacial score (nSPS) is 22.6. The first-order valence-corrected chi connectivity index (χ1v) is 16.0. The SMILES string of the molecule is O=C1CCN(N2C(=O)c3ccc(CN4CCC(N5CCN(C(c6ccccc6)c6ccccc6)CC5)C(F)(F)C4)cc3C2=O)C(=O)N1. The number of imide groups is 2. The molecule has 10 nitrogen and oxygen atoms in total. The van der Waals surface area contributed by atoms with Crippen LogP contribution < -0.4 is 5.32 Å². The van der Waals surface area contributed by atoms with Crippen LogP contribution in [0.15, 0.2) is 78.9 Å². The Hall–Kier alpha value is -4.52. The molecule has 4 aliphatic heterocycles. The molecule has 0 radical (unpaired) electrons. The van der Waals surface area contributed by atoms with Crippen molar-refractivity contribution in [3.8, 4) is 0 Å². The van der Waals surface area contributed by atoms with Gasteiger partial charge in [-0.1, -0.05) is 66.7 Å². The second kappa shape index (κ2) is 12.6. The molecule has 47 heavy (non-hydrogen) atoms. The van der Waals surface area contributed by atoms with Gasteiger partial charge in [-0.05, 0) is 35.2 Å². The van der Waals surface area contributed by atoms with Crippen molar-refractivity contribution in [3.05, 3.63) is 107 Å². The Morgan fingerprint density at radius 1 is 0.766 bits per heavy atom. The van der Waals surface area contributed by atoms with Gasteiger partial charge in [-0.3, -0.25) is 34.4 Å². The molecule has 0 aromatic heterocycles. The number of piperazine rings is 1. The van der Waals surface area contributed by atoms with E-state index in [1.165, 1.54) is 17.2 Å². The van der Waals surface area contributed by atoms with Gasteiger partial charge in [0.05, 0.1) is 36.3 Å². The van der Waals surface area contributed by atoms with Crippen molar-refractivity contribution < 1.29 is 28.0 Å². The Labute approximate surface area is 271 Å². The van der Waals surface area contributed by atoms with Crippen LogP contribution in [0.4, 0.5) is 13.6 Å². The number of piperidine rings is 1. The Bertz CT molecular complexity index is 1640. The van der Waals surface area contributed by atoms with Crippen molar-refractivity contribution in [2.24, 2.45) is 0 Å². The number of halogens is 2. The molecule has 4 aliphatic rings. The van der Waals surface area contributed by atoms with Crippen LogP contribution >= 0.6 is 0 Å². The molecule has 7 rings (SSSR count). The zero-order chi connectivity index (χ0) is 32.7. The van der Waals surface area contributed by atoms with Crippen LogP contribution in [0.25, 0.3) is 0 Å². The van der Waals surface area contributed by atoms with Gasteiger partial charge in [-0.15, -0.1) is 0 Å². The number of urea groups is 1. The molecule has 3 saturated heterocycles. The van der Waals surface area contributed by atoms with E-state index in [1.54, 1.807) is 17.0 Å². The van der Waals surface area contributed by atoms with Crippen molar-refractivity contribution in [2.45, 2.75) is 37.4 Å². The summed E-state index contributed by atoms with van der Waals surface area (Å²) in [6.45, 7) is 2.62. The Balaban J connectivity index is 0.982. The second-order valence-corrected chi connectivity index (χ2v) is 12.6. The molecule has 3 fully saturated rings. The summed E-state index contributed by atoms with van der Waals surface area (Å²) in [4.78, 5) is 56.0. The fourth-order valence-corrected chi connectivity index (χ4v) is 7.37. The van der Waals surface area contributed by atoms with Crippen molar-refractivity contribution in [1.82, 2.24) is 30.0 Å². The van der Waals surface area contributed by atoms with E-state index >= 15 is 8.78 Å². The summed E-state index contributed by atoms with van der Waals surface area (Å²) >= 11 is 0. The average molecular weight is 643 g/mol. The van der Waals surface area contributed by atoms with E-state index in [1.807, 2.05) is 41.3 Å². The summed E-state index contributed by atoms with van der Waals surface area (Å²) < 4.78 is 31.6. The number of carbonyl (C=O) groups is 4. The molecule has 3 aromatic carbocycles. The topological polar surface area (TPSA) is 96.5 Å². The number of rotatable bonds is 7. The second-order valence-electron chi connectivity index (χ2n) is 12.6. The number of carbonyl (C=O) groups excluding carboxylic acids is 4. The third-order valence-corrected chi connectivity index (χ3v) is 9.63. The minimum atomic E-state index is -2.93. The lowest BCUT2D eigenvalue weighted by atomic mass is 9.95. The van der Waals surface area contributed by atoms with Gasteiger partial charge in [0.25, 0.3) is 17.7 Å².